The lowest BCUT2D eigenvalue weighted by atomic mass is 10.1. The summed E-state index contributed by atoms with van der Waals surface area (Å²) in [5.41, 5.74) is 0.989. The number of carbonyl (C=O) groups is 1. The fourth-order valence-electron chi connectivity index (χ4n) is 3.81. The van der Waals surface area contributed by atoms with Gasteiger partial charge in [-0.25, -0.2) is 0 Å². The minimum Gasteiger partial charge on any atom is -0.489 e. The number of halogens is 3. The van der Waals surface area contributed by atoms with Crippen LogP contribution in [0.15, 0.2) is 36.4 Å². The molecule has 0 N–H and O–H groups in total. The number of hydrogen-bond donors (Lipinski definition) is 0. The van der Waals surface area contributed by atoms with E-state index in [4.69, 9.17) is 53.8 Å². The first kappa shape index (κ1) is 29.2. The molecule has 0 amide bonds. The predicted molar refractivity (Wildman–Crippen MR) is 151 cm³/mol. The summed E-state index contributed by atoms with van der Waals surface area (Å²) < 4.78 is 24.6. The monoisotopic (exact) mass is 566 g/mol. The molecule has 0 heterocycles. The molecule has 37 heavy (non-hydrogen) atoms. The third-order valence-corrected chi connectivity index (χ3v) is 6.14. The third kappa shape index (κ3) is 7.83. The molecule has 0 fully saturated rings. The largest absolute Gasteiger partial charge is 0.489 e. The quantitative estimate of drug-likeness (QED) is 0.124. The standard InChI is InChI=1S/C29H33Cl3O5/c1-6-8-25(33)37-27-22-13-12-20(30)15-23(22)26(28(35-17(2)3)29(27)36-18(4)5)34-14-7-9-19-10-11-21(31)16-24(19)32/h10-13,15-18H,6-9,14H2,1-5H3. The van der Waals surface area contributed by atoms with Crippen molar-refractivity contribution in [3.63, 3.8) is 0 Å². The van der Waals surface area contributed by atoms with Crippen molar-refractivity contribution in [3.8, 4) is 23.0 Å². The molecule has 0 bridgehead atoms. The van der Waals surface area contributed by atoms with Crippen molar-refractivity contribution in [2.24, 2.45) is 0 Å². The molecule has 0 atom stereocenters. The number of aryl methyl sites for hydroxylation is 1. The molecule has 3 aromatic carbocycles. The van der Waals surface area contributed by atoms with E-state index in [1.54, 1.807) is 24.3 Å². The molecule has 8 heteroatoms. The van der Waals surface area contributed by atoms with E-state index in [-0.39, 0.29) is 24.6 Å². The molecule has 5 nitrogen and oxygen atoms in total. The zero-order valence-electron chi connectivity index (χ0n) is 21.8. The lowest BCUT2D eigenvalue weighted by Crippen LogP contribution is -2.15. The Labute approximate surface area is 233 Å². The highest BCUT2D eigenvalue weighted by Gasteiger charge is 2.28. The number of rotatable bonds is 12. The van der Waals surface area contributed by atoms with Crippen LogP contribution >= 0.6 is 34.8 Å². The lowest BCUT2D eigenvalue weighted by molar-refractivity contribution is -0.134. The van der Waals surface area contributed by atoms with Crippen molar-refractivity contribution in [3.05, 3.63) is 57.0 Å². The second-order valence-corrected chi connectivity index (χ2v) is 10.5. The average molecular weight is 568 g/mol. The molecule has 0 spiro atoms. The summed E-state index contributed by atoms with van der Waals surface area (Å²) in [7, 11) is 0. The van der Waals surface area contributed by atoms with E-state index >= 15 is 0 Å². The van der Waals surface area contributed by atoms with Gasteiger partial charge in [0.1, 0.15) is 0 Å². The van der Waals surface area contributed by atoms with Crippen LogP contribution in [0.4, 0.5) is 0 Å². The maximum absolute atomic E-state index is 12.6. The second kappa shape index (κ2) is 13.5. The normalized spacial score (nSPS) is 11.3. The highest BCUT2D eigenvalue weighted by molar-refractivity contribution is 6.35. The van der Waals surface area contributed by atoms with E-state index in [0.717, 1.165) is 5.56 Å². The molecule has 0 saturated heterocycles. The molecule has 0 aliphatic heterocycles. The van der Waals surface area contributed by atoms with Crippen molar-refractivity contribution in [2.45, 2.75) is 72.5 Å². The average Bonchev–Trinajstić information content (AvgIpc) is 2.81. The topological polar surface area (TPSA) is 54.0 Å². The zero-order valence-corrected chi connectivity index (χ0v) is 24.1. The van der Waals surface area contributed by atoms with Crippen molar-refractivity contribution >= 4 is 51.5 Å². The van der Waals surface area contributed by atoms with Crippen LogP contribution < -0.4 is 18.9 Å². The van der Waals surface area contributed by atoms with E-state index in [2.05, 4.69) is 0 Å². The van der Waals surface area contributed by atoms with Crippen LogP contribution in [-0.4, -0.2) is 24.8 Å². The van der Waals surface area contributed by atoms with Gasteiger partial charge in [-0.05, 0) is 82.9 Å². The molecule has 3 aromatic rings. The molecule has 200 valence electrons. The number of ether oxygens (including phenoxy) is 4. The van der Waals surface area contributed by atoms with Gasteiger partial charge in [0.2, 0.25) is 11.5 Å². The first-order chi connectivity index (χ1) is 17.6. The molecule has 0 radical (unpaired) electrons. The summed E-state index contributed by atoms with van der Waals surface area (Å²) in [6.07, 6.45) is 1.94. The van der Waals surface area contributed by atoms with E-state index in [1.165, 1.54) is 0 Å². The molecular weight excluding hydrogens is 535 g/mol. The van der Waals surface area contributed by atoms with Gasteiger partial charge in [0, 0.05) is 32.3 Å². The van der Waals surface area contributed by atoms with E-state index in [1.807, 2.05) is 46.8 Å². The fraction of sp³-hybridized carbons (Fsp3) is 0.414. The number of carbonyl (C=O) groups excluding carboxylic acids is 1. The van der Waals surface area contributed by atoms with Crippen LogP contribution in [0.3, 0.4) is 0 Å². The maximum atomic E-state index is 12.6. The smallest absolute Gasteiger partial charge is 0.311 e. The van der Waals surface area contributed by atoms with Gasteiger partial charge in [0.25, 0.3) is 0 Å². The van der Waals surface area contributed by atoms with Crippen molar-refractivity contribution < 1.29 is 23.7 Å². The van der Waals surface area contributed by atoms with Gasteiger partial charge in [-0.15, -0.1) is 0 Å². The summed E-state index contributed by atoms with van der Waals surface area (Å²) >= 11 is 18.7. The van der Waals surface area contributed by atoms with Gasteiger partial charge in [-0.3, -0.25) is 4.79 Å². The van der Waals surface area contributed by atoms with Crippen LogP contribution in [0, 0.1) is 0 Å². The Hall–Kier alpha value is -2.34. The SMILES string of the molecule is CCCC(=O)Oc1c(OC(C)C)c(OC(C)C)c(OCCCc2ccc(Cl)cc2Cl)c2cc(Cl)ccc12. The Morgan fingerprint density at radius 3 is 2.05 bits per heavy atom. The Kier molecular flexibility index (Phi) is 10.6. The van der Waals surface area contributed by atoms with Gasteiger partial charge in [-0.2, -0.15) is 0 Å². The Balaban J connectivity index is 2.07. The van der Waals surface area contributed by atoms with Gasteiger partial charge >= 0.3 is 5.97 Å². The van der Waals surface area contributed by atoms with Gasteiger partial charge < -0.3 is 18.9 Å². The van der Waals surface area contributed by atoms with Crippen molar-refractivity contribution in [2.75, 3.05) is 6.61 Å². The van der Waals surface area contributed by atoms with Gasteiger partial charge in [-0.1, -0.05) is 47.8 Å². The number of esters is 1. The Morgan fingerprint density at radius 2 is 1.43 bits per heavy atom. The minimum absolute atomic E-state index is 0.194. The third-order valence-electron chi connectivity index (χ3n) is 5.32. The molecule has 0 aromatic heterocycles. The fourth-order valence-corrected chi connectivity index (χ4v) is 4.49. The molecule has 3 rings (SSSR count). The van der Waals surface area contributed by atoms with Crippen LogP contribution in [-0.2, 0) is 11.2 Å². The summed E-state index contributed by atoms with van der Waals surface area (Å²) in [6, 6.07) is 10.8. The maximum Gasteiger partial charge on any atom is 0.311 e. The first-order valence-electron chi connectivity index (χ1n) is 12.5. The summed E-state index contributed by atoms with van der Waals surface area (Å²) in [5.74, 6) is 1.14. The minimum atomic E-state index is -0.351. The number of benzene rings is 3. The summed E-state index contributed by atoms with van der Waals surface area (Å²) in [5, 5.41) is 3.06. The van der Waals surface area contributed by atoms with Gasteiger partial charge in [0.05, 0.1) is 18.8 Å². The van der Waals surface area contributed by atoms with Gasteiger partial charge in [0.15, 0.2) is 11.5 Å². The number of hydrogen-bond acceptors (Lipinski definition) is 5. The molecule has 0 saturated carbocycles. The second-order valence-electron chi connectivity index (χ2n) is 9.25. The van der Waals surface area contributed by atoms with Crippen LogP contribution in [0.25, 0.3) is 10.8 Å². The Bertz CT molecular complexity index is 1240. The van der Waals surface area contributed by atoms with Crippen LogP contribution in [0.1, 0.15) is 59.4 Å². The van der Waals surface area contributed by atoms with Crippen LogP contribution in [0.2, 0.25) is 15.1 Å². The number of fused-ring (bicyclic) bond motifs is 1. The van der Waals surface area contributed by atoms with E-state index < -0.39 is 0 Å². The lowest BCUT2D eigenvalue weighted by Gasteiger charge is -2.24. The highest BCUT2D eigenvalue weighted by Crippen LogP contribution is 2.52. The molecule has 0 aliphatic rings. The molecule has 0 aliphatic carbocycles. The van der Waals surface area contributed by atoms with Crippen LogP contribution in [0.5, 0.6) is 23.0 Å². The highest BCUT2D eigenvalue weighted by atomic mass is 35.5. The first-order valence-corrected chi connectivity index (χ1v) is 13.6. The van der Waals surface area contributed by atoms with Crippen molar-refractivity contribution in [1.29, 1.82) is 0 Å². The predicted octanol–water partition coefficient (Wildman–Crippen LogP) is 9.09. The summed E-state index contributed by atoms with van der Waals surface area (Å²) in [6.45, 7) is 9.93. The molecular formula is C29H33Cl3O5. The Morgan fingerprint density at radius 1 is 0.811 bits per heavy atom. The molecule has 0 unspecified atom stereocenters. The van der Waals surface area contributed by atoms with E-state index in [0.29, 0.717) is 74.7 Å². The zero-order chi connectivity index (χ0) is 27.1. The summed E-state index contributed by atoms with van der Waals surface area (Å²) in [4.78, 5) is 12.6. The van der Waals surface area contributed by atoms with E-state index in [9.17, 15) is 4.79 Å². The van der Waals surface area contributed by atoms with Crippen molar-refractivity contribution in [1.82, 2.24) is 0 Å².